The smallest absolute Gasteiger partial charge is 0.183 e. The van der Waals surface area contributed by atoms with Gasteiger partial charge in [0.15, 0.2) is 5.13 Å². The predicted molar refractivity (Wildman–Crippen MR) is 98.4 cm³/mol. The van der Waals surface area contributed by atoms with Gasteiger partial charge in [-0.3, -0.25) is 0 Å². The van der Waals surface area contributed by atoms with Crippen LogP contribution in [-0.2, 0) is 6.54 Å². The summed E-state index contributed by atoms with van der Waals surface area (Å²) in [6, 6.07) is 9.63. The Balaban J connectivity index is 1.70. The van der Waals surface area contributed by atoms with Crippen molar-refractivity contribution in [2.75, 3.05) is 12.4 Å². The van der Waals surface area contributed by atoms with Gasteiger partial charge in [0, 0.05) is 23.7 Å². The summed E-state index contributed by atoms with van der Waals surface area (Å²) in [7, 11) is 1.65. The molecule has 4 nitrogen and oxygen atoms in total. The van der Waals surface area contributed by atoms with E-state index < -0.39 is 0 Å². The summed E-state index contributed by atoms with van der Waals surface area (Å²) < 4.78 is 6.15. The van der Waals surface area contributed by atoms with Gasteiger partial charge in [-0.2, -0.15) is 0 Å². The van der Waals surface area contributed by atoms with E-state index >= 15 is 0 Å². The molecule has 0 spiro atoms. The van der Waals surface area contributed by atoms with Crippen LogP contribution in [0.1, 0.15) is 5.56 Å². The molecule has 2 aromatic heterocycles. The lowest BCUT2D eigenvalue weighted by atomic mass is 10.2. The number of ether oxygens (including phenoxy) is 1. The third-order valence-corrected chi connectivity index (χ3v) is 4.83. The van der Waals surface area contributed by atoms with Crippen molar-refractivity contribution in [2.45, 2.75) is 6.54 Å². The van der Waals surface area contributed by atoms with Crippen LogP contribution in [-0.4, -0.2) is 17.1 Å². The van der Waals surface area contributed by atoms with Gasteiger partial charge in [0.2, 0.25) is 0 Å². The van der Waals surface area contributed by atoms with Crippen LogP contribution in [0.5, 0.6) is 5.75 Å². The van der Waals surface area contributed by atoms with Crippen molar-refractivity contribution >= 4 is 44.0 Å². The lowest BCUT2D eigenvalue weighted by molar-refractivity contribution is 0.412. The zero-order valence-corrected chi connectivity index (χ0v) is 15.4. The van der Waals surface area contributed by atoms with Crippen molar-refractivity contribution in [1.82, 2.24) is 9.97 Å². The Morgan fingerprint density at radius 2 is 2.17 bits per heavy atom. The normalized spacial score (nSPS) is 10.6. The zero-order chi connectivity index (χ0) is 16.2. The van der Waals surface area contributed by atoms with Gasteiger partial charge in [-0.1, -0.05) is 17.7 Å². The second-order valence-electron chi connectivity index (χ2n) is 4.73. The molecule has 0 bridgehead atoms. The molecule has 118 valence electrons. The van der Waals surface area contributed by atoms with Crippen molar-refractivity contribution in [3.63, 3.8) is 0 Å². The second kappa shape index (κ2) is 7.29. The molecule has 0 saturated carbocycles. The highest BCUT2D eigenvalue weighted by atomic mass is 79.9. The van der Waals surface area contributed by atoms with Crippen molar-refractivity contribution < 1.29 is 4.74 Å². The topological polar surface area (TPSA) is 47.0 Å². The van der Waals surface area contributed by atoms with E-state index in [2.05, 4.69) is 31.2 Å². The largest absolute Gasteiger partial charge is 0.496 e. The molecule has 0 atom stereocenters. The summed E-state index contributed by atoms with van der Waals surface area (Å²) in [6.45, 7) is 0.656. The molecule has 0 aliphatic rings. The lowest BCUT2D eigenvalue weighted by Gasteiger charge is -2.04. The SMILES string of the molecule is COc1ccc(-c2csc(NCc3ccc(Cl)nc3)n2)cc1Br. The molecular weight excluding hydrogens is 398 g/mol. The highest BCUT2D eigenvalue weighted by molar-refractivity contribution is 9.10. The Bertz CT molecular complexity index is 807. The van der Waals surface area contributed by atoms with Gasteiger partial charge >= 0.3 is 0 Å². The van der Waals surface area contributed by atoms with E-state index in [1.807, 2.05) is 29.6 Å². The van der Waals surface area contributed by atoms with Crippen molar-refractivity contribution in [1.29, 1.82) is 0 Å². The van der Waals surface area contributed by atoms with E-state index in [0.717, 1.165) is 32.2 Å². The van der Waals surface area contributed by atoms with Gasteiger partial charge in [-0.25, -0.2) is 9.97 Å². The first-order chi connectivity index (χ1) is 11.2. The van der Waals surface area contributed by atoms with Crippen LogP contribution < -0.4 is 10.1 Å². The average Bonchev–Trinajstić information content (AvgIpc) is 3.03. The molecule has 23 heavy (non-hydrogen) atoms. The molecule has 0 aliphatic heterocycles. The van der Waals surface area contributed by atoms with E-state index in [0.29, 0.717) is 11.7 Å². The summed E-state index contributed by atoms with van der Waals surface area (Å²) in [5.41, 5.74) is 3.02. The minimum atomic E-state index is 0.496. The fourth-order valence-corrected chi connectivity index (χ4v) is 3.37. The van der Waals surface area contributed by atoms with E-state index in [1.165, 1.54) is 0 Å². The Labute approximate surface area is 151 Å². The fraction of sp³-hybridized carbons (Fsp3) is 0.125. The molecule has 0 aliphatic carbocycles. The van der Waals surface area contributed by atoms with Crippen LogP contribution in [0.15, 0.2) is 46.4 Å². The molecule has 3 aromatic rings. The molecule has 0 fully saturated rings. The van der Waals surface area contributed by atoms with Gasteiger partial charge in [0.25, 0.3) is 0 Å². The third-order valence-electron chi connectivity index (χ3n) is 3.18. The number of rotatable bonds is 5. The number of aromatic nitrogens is 2. The van der Waals surface area contributed by atoms with Crippen LogP contribution in [0.4, 0.5) is 5.13 Å². The first-order valence-electron chi connectivity index (χ1n) is 6.79. The van der Waals surface area contributed by atoms with E-state index in [-0.39, 0.29) is 0 Å². The maximum absolute atomic E-state index is 5.78. The number of nitrogens with one attached hydrogen (secondary N) is 1. The summed E-state index contributed by atoms with van der Waals surface area (Å²) in [5, 5.41) is 6.68. The molecule has 2 heterocycles. The molecule has 3 rings (SSSR count). The van der Waals surface area contributed by atoms with Crippen molar-refractivity contribution in [3.05, 3.63) is 57.1 Å². The van der Waals surface area contributed by atoms with Crippen LogP contribution in [0.3, 0.4) is 0 Å². The number of hydrogen-bond acceptors (Lipinski definition) is 5. The van der Waals surface area contributed by atoms with Crippen LogP contribution >= 0.6 is 38.9 Å². The van der Waals surface area contributed by atoms with Crippen molar-refractivity contribution in [3.8, 4) is 17.0 Å². The zero-order valence-electron chi connectivity index (χ0n) is 12.2. The monoisotopic (exact) mass is 409 g/mol. The maximum atomic E-state index is 5.78. The minimum absolute atomic E-state index is 0.496. The molecular formula is C16H13BrClN3OS. The van der Waals surface area contributed by atoms with Crippen molar-refractivity contribution in [2.24, 2.45) is 0 Å². The van der Waals surface area contributed by atoms with Crippen LogP contribution in [0.25, 0.3) is 11.3 Å². The number of thiazole rings is 1. The van der Waals surface area contributed by atoms with E-state index in [1.54, 1.807) is 30.7 Å². The summed E-state index contributed by atoms with van der Waals surface area (Å²) in [5.74, 6) is 0.803. The number of nitrogens with zero attached hydrogens (tertiary/aromatic N) is 2. The van der Waals surface area contributed by atoms with Gasteiger partial charge in [0.1, 0.15) is 10.9 Å². The predicted octanol–water partition coefficient (Wildman–Crippen LogP) is 5.24. The Morgan fingerprint density at radius 1 is 1.30 bits per heavy atom. The quantitative estimate of drug-likeness (QED) is 0.584. The van der Waals surface area contributed by atoms with Gasteiger partial charge in [-0.15, -0.1) is 11.3 Å². The molecule has 7 heteroatoms. The van der Waals surface area contributed by atoms with E-state index in [4.69, 9.17) is 16.3 Å². The second-order valence-corrected chi connectivity index (χ2v) is 6.83. The minimum Gasteiger partial charge on any atom is -0.496 e. The van der Waals surface area contributed by atoms with Gasteiger partial charge in [0.05, 0.1) is 17.3 Å². The van der Waals surface area contributed by atoms with E-state index in [9.17, 15) is 0 Å². The number of pyridine rings is 1. The number of hydrogen-bond donors (Lipinski definition) is 1. The molecule has 0 saturated heterocycles. The number of halogens is 2. The number of benzene rings is 1. The molecule has 1 N–H and O–H groups in total. The third kappa shape index (κ3) is 4.02. The van der Waals surface area contributed by atoms with Gasteiger partial charge in [-0.05, 0) is 45.8 Å². The standard InChI is InChI=1S/C16H13BrClN3OS/c1-22-14-4-3-11(6-12(14)17)13-9-23-16(21-13)20-8-10-2-5-15(18)19-7-10/h2-7,9H,8H2,1H3,(H,20,21). The molecule has 0 unspecified atom stereocenters. The first-order valence-corrected chi connectivity index (χ1v) is 8.84. The fourth-order valence-electron chi connectivity index (χ4n) is 2.00. The number of anilines is 1. The molecule has 0 amide bonds. The van der Waals surface area contributed by atoms with Gasteiger partial charge < -0.3 is 10.1 Å². The number of methoxy groups -OCH3 is 1. The van der Waals surface area contributed by atoms with Crippen LogP contribution in [0, 0.1) is 0 Å². The van der Waals surface area contributed by atoms with Crippen LogP contribution in [0.2, 0.25) is 5.15 Å². The molecule has 0 radical (unpaired) electrons. The summed E-state index contributed by atoms with van der Waals surface area (Å²) in [6.07, 6.45) is 1.75. The first kappa shape index (κ1) is 16.2. The summed E-state index contributed by atoms with van der Waals surface area (Å²) in [4.78, 5) is 8.67. The lowest BCUT2D eigenvalue weighted by Crippen LogP contribution is -1.99. The average molecular weight is 411 g/mol. The highest BCUT2D eigenvalue weighted by Gasteiger charge is 2.07. The maximum Gasteiger partial charge on any atom is 0.183 e. The molecule has 1 aromatic carbocycles. The highest BCUT2D eigenvalue weighted by Crippen LogP contribution is 2.32. The Morgan fingerprint density at radius 3 is 2.87 bits per heavy atom. The Kier molecular flexibility index (Phi) is 5.15. The summed E-state index contributed by atoms with van der Waals surface area (Å²) >= 11 is 10.8. The Hall–Kier alpha value is -1.63.